The summed E-state index contributed by atoms with van der Waals surface area (Å²) in [5, 5.41) is 12.2. The molecule has 3 N–H and O–H groups in total. The molecule has 0 saturated heterocycles. The van der Waals surface area contributed by atoms with Gasteiger partial charge in [-0.1, -0.05) is 20.8 Å². The highest BCUT2D eigenvalue weighted by Gasteiger charge is 2.21. The second-order valence-corrected chi connectivity index (χ2v) is 4.83. The Labute approximate surface area is 95.7 Å². The Hall–Kier alpha value is -1.83. The van der Waals surface area contributed by atoms with Gasteiger partial charge in [-0.2, -0.15) is 5.26 Å². The first-order valence-electron chi connectivity index (χ1n) is 5.13. The molecule has 1 aromatic heterocycles. The molecule has 0 unspecified atom stereocenters. The lowest BCUT2D eigenvalue weighted by molar-refractivity contribution is 0.358. The molecule has 1 heterocycles. The maximum Gasteiger partial charge on any atom is 0.149 e. The summed E-state index contributed by atoms with van der Waals surface area (Å²) in [6, 6.07) is 2.18. The Morgan fingerprint density at radius 2 is 2.06 bits per heavy atom. The lowest BCUT2D eigenvalue weighted by Crippen LogP contribution is -2.31. The zero-order valence-electron chi connectivity index (χ0n) is 10.1. The molecule has 0 saturated carbocycles. The van der Waals surface area contributed by atoms with Crippen LogP contribution < -0.4 is 11.1 Å². The second-order valence-electron chi connectivity index (χ2n) is 4.83. The lowest BCUT2D eigenvalue weighted by Gasteiger charge is -2.28. The quantitative estimate of drug-likeness (QED) is 0.791. The van der Waals surface area contributed by atoms with Crippen molar-refractivity contribution in [3.8, 4) is 6.07 Å². The highest BCUT2D eigenvalue weighted by molar-refractivity contribution is 5.62. The van der Waals surface area contributed by atoms with Crippen LogP contribution >= 0.6 is 0 Å². The Morgan fingerprint density at radius 1 is 1.44 bits per heavy atom. The molecule has 0 fully saturated rings. The number of anilines is 2. The van der Waals surface area contributed by atoms with Gasteiger partial charge in [0.2, 0.25) is 0 Å². The monoisotopic (exact) mass is 219 g/mol. The van der Waals surface area contributed by atoms with Crippen molar-refractivity contribution in [2.75, 3.05) is 11.1 Å². The Morgan fingerprint density at radius 3 is 2.56 bits per heavy atom. The van der Waals surface area contributed by atoms with Crippen molar-refractivity contribution in [1.82, 2.24) is 9.97 Å². The van der Waals surface area contributed by atoms with Gasteiger partial charge in [-0.05, 0) is 12.3 Å². The molecule has 1 rings (SSSR count). The number of nitrogens with one attached hydrogen (secondary N) is 1. The van der Waals surface area contributed by atoms with Crippen molar-refractivity contribution in [1.29, 1.82) is 5.26 Å². The summed E-state index contributed by atoms with van der Waals surface area (Å²) >= 11 is 0. The highest BCUT2D eigenvalue weighted by Crippen LogP contribution is 2.24. The van der Waals surface area contributed by atoms with E-state index in [0.29, 0.717) is 11.4 Å². The van der Waals surface area contributed by atoms with Gasteiger partial charge in [0.1, 0.15) is 29.6 Å². The number of rotatable bonds is 2. The topological polar surface area (TPSA) is 87.6 Å². The van der Waals surface area contributed by atoms with E-state index in [4.69, 9.17) is 11.0 Å². The molecule has 86 valence electrons. The Kier molecular flexibility index (Phi) is 3.33. The zero-order valence-corrected chi connectivity index (χ0v) is 10.1. The van der Waals surface area contributed by atoms with E-state index in [1.807, 2.05) is 13.0 Å². The molecule has 0 aliphatic carbocycles. The summed E-state index contributed by atoms with van der Waals surface area (Å²) in [6.07, 6.45) is 1.36. The molecule has 0 bridgehead atoms. The number of nitrogens with two attached hydrogens (primary N) is 1. The van der Waals surface area contributed by atoms with E-state index in [-0.39, 0.29) is 17.3 Å². The first kappa shape index (κ1) is 12.2. The fraction of sp³-hybridized carbons (Fsp3) is 0.545. The first-order valence-corrected chi connectivity index (χ1v) is 5.13. The van der Waals surface area contributed by atoms with Gasteiger partial charge < -0.3 is 11.1 Å². The largest absolute Gasteiger partial charge is 0.382 e. The van der Waals surface area contributed by atoms with E-state index in [0.717, 1.165) is 0 Å². The first-order chi connectivity index (χ1) is 7.36. The average Bonchev–Trinajstić information content (AvgIpc) is 2.16. The van der Waals surface area contributed by atoms with Crippen molar-refractivity contribution < 1.29 is 0 Å². The molecule has 1 aromatic rings. The number of aromatic nitrogens is 2. The van der Waals surface area contributed by atoms with Crippen molar-refractivity contribution in [2.45, 2.75) is 33.7 Å². The second kappa shape index (κ2) is 4.35. The maximum absolute atomic E-state index is 8.96. The predicted molar refractivity (Wildman–Crippen MR) is 63.7 cm³/mol. The fourth-order valence-electron chi connectivity index (χ4n) is 1.04. The summed E-state index contributed by atoms with van der Waals surface area (Å²) in [7, 11) is 0. The molecule has 0 aliphatic heterocycles. The third-order valence-electron chi connectivity index (χ3n) is 2.64. The molecular formula is C11H17N5. The van der Waals surface area contributed by atoms with E-state index in [1.165, 1.54) is 6.33 Å². The SMILES string of the molecule is C[C@H](Nc1ncnc(N)c1C#N)C(C)(C)C. The van der Waals surface area contributed by atoms with Crippen molar-refractivity contribution in [3.05, 3.63) is 11.9 Å². The minimum atomic E-state index is 0.0758. The smallest absolute Gasteiger partial charge is 0.149 e. The van der Waals surface area contributed by atoms with E-state index < -0.39 is 0 Å². The van der Waals surface area contributed by atoms with Gasteiger partial charge in [0.05, 0.1) is 0 Å². The van der Waals surface area contributed by atoms with Crippen LogP contribution in [0.4, 0.5) is 11.6 Å². The average molecular weight is 219 g/mol. The number of nitrogens with zero attached hydrogens (tertiary/aromatic N) is 3. The van der Waals surface area contributed by atoms with Gasteiger partial charge in [-0.25, -0.2) is 9.97 Å². The van der Waals surface area contributed by atoms with Crippen LogP contribution in [0, 0.1) is 16.7 Å². The summed E-state index contributed by atoms with van der Waals surface area (Å²) in [4.78, 5) is 7.82. The van der Waals surface area contributed by atoms with E-state index >= 15 is 0 Å². The summed E-state index contributed by atoms with van der Waals surface area (Å²) in [5.74, 6) is 0.707. The molecule has 1 atom stereocenters. The van der Waals surface area contributed by atoms with Gasteiger partial charge >= 0.3 is 0 Å². The molecule has 0 aliphatic rings. The van der Waals surface area contributed by atoms with Gasteiger partial charge in [0.15, 0.2) is 0 Å². The fourth-order valence-corrected chi connectivity index (χ4v) is 1.04. The van der Waals surface area contributed by atoms with Crippen LogP contribution in [0.3, 0.4) is 0 Å². The van der Waals surface area contributed by atoms with Gasteiger partial charge in [-0.3, -0.25) is 0 Å². The lowest BCUT2D eigenvalue weighted by atomic mass is 9.88. The number of hydrogen-bond acceptors (Lipinski definition) is 5. The zero-order chi connectivity index (χ0) is 12.3. The van der Waals surface area contributed by atoms with E-state index in [2.05, 4.69) is 36.1 Å². The molecule has 5 heteroatoms. The standard InChI is InChI=1S/C11H17N5/c1-7(11(2,3)4)16-10-8(5-12)9(13)14-6-15-10/h6-7H,1-4H3,(H3,13,14,15,16)/t7-/m0/s1. The van der Waals surface area contributed by atoms with Crippen LogP contribution in [0.25, 0.3) is 0 Å². The molecule has 5 nitrogen and oxygen atoms in total. The number of nitriles is 1. The Bertz CT molecular complexity index is 413. The summed E-state index contributed by atoms with van der Waals surface area (Å²) in [6.45, 7) is 8.38. The summed E-state index contributed by atoms with van der Waals surface area (Å²) < 4.78 is 0. The molecule has 16 heavy (non-hydrogen) atoms. The van der Waals surface area contributed by atoms with Crippen molar-refractivity contribution in [3.63, 3.8) is 0 Å². The van der Waals surface area contributed by atoms with Crippen LogP contribution in [0.15, 0.2) is 6.33 Å². The predicted octanol–water partition coefficient (Wildman–Crippen LogP) is 1.78. The summed E-state index contributed by atoms with van der Waals surface area (Å²) in [5.41, 5.74) is 5.98. The van der Waals surface area contributed by atoms with Crippen LogP contribution in [0.2, 0.25) is 0 Å². The maximum atomic E-state index is 8.96. The third kappa shape index (κ3) is 2.60. The normalized spacial score (nSPS) is 12.9. The number of hydrogen-bond donors (Lipinski definition) is 2. The van der Waals surface area contributed by atoms with Crippen LogP contribution in [-0.4, -0.2) is 16.0 Å². The highest BCUT2D eigenvalue weighted by atomic mass is 15.1. The minimum Gasteiger partial charge on any atom is -0.382 e. The van der Waals surface area contributed by atoms with Crippen molar-refractivity contribution in [2.24, 2.45) is 5.41 Å². The number of nitrogen functional groups attached to an aromatic ring is 1. The van der Waals surface area contributed by atoms with Crippen LogP contribution in [-0.2, 0) is 0 Å². The van der Waals surface area contributed by atoms with Gasteiger partial charge in [0.25, 0.3) is 0 Å². The molecule has 0 amide bonds. The van der Waals surface area contributed by atoms with Crippen LogP contribution in [0.1, 0.15) is 33.3 Å². The third-order valence-corrected chi connectivity index (χ3v) is 2.64. The van der Waals surface area contributed by atoms with Gasteiger partial charge in [-0.15, -0.1) is 0 Å². The van der Waals surface area contributed by atoms with E-state index in [1.54, 1.807) is 0 Å². The molecule has 0 radical (unpaired) electrons. The molecule has 0 spiro atoms. The van der Waals surface area contributed by atoms with Crippen molar-refractivity contribution >= 4 is 11.6 Å². The van der Waals surface area contributed by atoms with Crippen LogP contribution in [0.5, 0.6) is 0 Å². The van der Waals surface area contributed by atoms with Gasteiger partial charge in [0, 0.05) is 6.04 Å². The van der Waals surface area contributed by atoms with E-state index in [9.17, 15) is 0 Å². The Balaban J connectivity index is 2.99. The molecular weight excluding hydrogens is 202 g/mol. The minimum absolute atomic E-state index is 0.0758. The molecule has 0 aromatic carbocycles.